The Morgan fingerprint density at radius 2 is 1.81 bits per heavy atom. The third kappa shape index (κ3) is 5.45. The van der Waals surface area contributed by atoms with E-state index in [-0.39, 0.29) is 34.8 Å². The van der Waals surface area contributed by atoms with Crippen LogP contribution in [-0.4, -0.2) is 39.5 Å². The molecule has 0 aliphatic carbocycles. The highest BCUT2D eigenvalue weighted by atomic mass is 35.5. The summed E-state index contributed by atoms with van der Waals surface area (Å²) in [5, 5.41) is 26.1. The average Bonchev–Trinajstić information content (AvgIpc) is 3.21. The lowest BCUT2D eigenvalue weighted by atomic mass is 10.1. The van der Waals surface area contributed by atoms with E-state index in [1.54, 1.807) is 22.9 Å². The van der Waals surface area contributed by atoms with Crippen LogP contribution in [0.15, 0.2) is 60.7 Å². The summed E-state index contributed by atoms with van der Waals surface area (Å²) in [6.45, 7) is 0.475. The number of carboxylic acid groups (broad SMARTS) is 1. The van der Waals surface area contributed by atoms with Crippen molar-refractivity contribution >= 4 is 45.8 Å². The second kappa shape index (κ2) is 10.7. The molecule has 12 heteroatoms. The predicted octanol–water partition coefficient (Wildman–Crippen LogP) is 5.54. The van der Waals surface area contributed by atoms with Crippen molar-refractivity contribution in [1.29, 1.82) is 0 Å². The fourth-order valence-electron chi connectivity index (χ4n) is 3.48. The number of hydrogen-bond acceptors (Lipinski definition) is 7. The molecule has 0 aliphatic heterocycles. The van der Waals surface area contributed by atoms with E-state index in [0.29, 0.717) is 28.0 Å². The molecular weight excluding hydrogens is 513 g/mol. The van der Waals surface area contributed by atoms with Crippen molar-refractivity contribution in [3.05, 3.63) is 86.4 Å². The van der Waals surface area contributed by atoms with Crippen LogP contribution in [0, 0.1) is 10.1 Å². The Kier molecular flexibility index (Phi) is 7.47. The summed E-state index contributed by atoms with van der Waals surface area (Å²) in [7, 11) is 1.51. The summed E-state index contributed by atoms with van der Waals surface area (Å²) >= 11 is 12.0. The molecule has 4 aromatic rings. The lowest BCUT2D eigenvalue weighted by molar-refractivity contribution is -0.384. The van der Waals surface area contributed by atoms with Crippen LogP contribution in [0.1, 0.15) is 11.7 Å². The highest BCUT2D eigenvalue weighted by Gasteiger charge is 2.26. The van der Waals surface area contributed by atoms with E-state index in [0.717, 1.165) is 0 Å². The number of rotatable bonds is 10. The number of aromatic nitrogens is 2. The summed E-state index contributed by atoms with van der Waals surface area (Å²) in [6, 6.07) is 15.4. The van der Waals surface area contributed by atoms with Gasteiger partial charge >= 0.3 is 5.97 Å². The zero-order chi connectivity index (χ0) is 25.8. The SMILES string of the molecule is COc1ccc2c(c1)c(OC(C(=O)O)c1ccc(Cl)c(Cl)c1)nn2CCOc1ccc([N+](=O)[O-])cc1. The van der Waals surface area contributed by atoms with Crippen molar-refractivity contribution in [3.8, 4) is 17.4 Å². The minimum atomic E-state index is -1.39. The molecular formula is C24H19Cl2N3O7. The van der Waals surface area contributed by atoms with Gasteiger partial charge in [-0.15, -0.1) is 5.10 Å². The maximum absolute atomic E-state index is 12.0. The van der Waals surface area contributed by atoms with Crippen molar-refractivity contribution < 1.29 is 29.0 Å². The Hall–Kier alpha value is -4.02. The second-order valence-electron chi connectivity index (χ2n) is 7.52. The molecule has 0 radical (unpaired) electrons. The number of nitrogens with zero attached hydrogens (tertiary/aromatic N) is 3. The number of ether oxygens (including phenoxy) is 3. The topological polar surface area (TPSA) is 126 Å². The van der Waals surface area contributed by atoms with Crippen LogP contribution in [0.5, 0.6) is 17.4 Å². The lowest BCUT2D eigenvalue weighted by Crippen LogP contribution is -2.19. The number of hydrogen-bond donors (Lipinski definition) is 1. The van der Waals surface area contributed by atoms with E-state index in [9.17, 15) is 20.0 Å². The zero-order valence-electron chi connectivity index (χ0n) is 18.8. The zero-order valence-corrected chi connectivity index (χ0v) is 20.3. The number of aliphatic carboxylic acids is 1. The second-order valence-corrected chi connectivity index (χ2v) is 8.33. The molecule has 1 aromatic heterocycles. The third-order valence-electron chi connectivity index (χ3n) is 5.24. The molecule has 3 aromatic carbocycles. The molecule has 0 spiro atoms. The molecule has 0 aliphatic rings. The van der Waals surface area contributed by atoms with Crippen molar-refractivity contribution in [2.45, 2.75) is 12.6 Å². The molecule has 1 unspecified atom stereocenters. The van der Waals surface area contributed by atoms with Gasteiger partial charge in [-0.2, -0.15) is 0 Å². The van der Waals surface area contributed by atoms with Gasteiger partial charge in [0, 0.05) is 17.7 Å². The number of fused-ring (bicyclic) bond motifs is 1. The first-order chi connectivity index (χ1) is 17.3. The Labute approximate surface area is 214 Å². The molecule has 1 heterocycles. The standard InChI is InChI=1S/C24H19Cl2N3O7/c1-34-17-7-9-21-18(13-17)23(36-22(24(30)31)14-2-8-19(25)20(26)12-14)27-28(21)10-11-35-16-5-3-15(4-6-16)29(32)33/h2-9,12-13,22H,10-11H2,1H3,(H,30,31). The van der Waals surface area contributed by atoms with Gasteiger partial charge in [0.1, 0.15) is 18.1 Å². The number of nitro benzene ring substituents is 1. The van der Waals surface area contributed by atoms with E-state index in [4.69, 9.17) is 37.4 Å². The van der Waals surface area contributed by atoms with Crippen molar-refractivity contribution in [2.24, 2.45) is 0 Å². The Morgan fingerprint density at radius 3 is 2.44 bits per heavy atom. The van der Waals surface area contributed by atoms with Crippen molar-refractivity contribution in [1.82, 2.24) is 9.78 Å². The number of halogens is 2. The minimum Gasteiger partial charge on any atom is -0.497 e. The smallest absolute Gasteiger partial charge is 0.349 e. The fourth-order valence-corrected chi connectivity index (χ4v) is 3.78. The number of nitro groups is 1. The first-order valence-corrected chi connectivity index (χ1v) is 11.3. The number of carbonyl (C=O) groups is 1. The largest absolute Gasteiger partial charge is 0.497 e. The molecule has 10 nitrogen and oxygen atoms in total. The van der Waals surface area contributed by atoms with Gasteiger partial charge in [0.05, 0.1) is 39.5 Å². The lowest BCUT2D eigenvalue weighted by Gasteiger charge is -2.14. The maximum Gasteiger partial charge on any atom is 0.349 e. The van der Waals surface area contributed by atoms with Crippen molar-refractivity contribution in [2.75, 3.05) is 13.7 Å². The van der Waals surface area contributed by atoms with E-state index in [2.05, 4.69) is 5.10 Å². The van der Waals surface area contributed by atoms with Crippen LogP contribution in [0.3, 0.4) is 0 Å². The monoisotopic (exact) mass is 531 g/mol. The van der Waals surface area contributed by atoms with Crippen LogP contribution in [-0.2, 0) is 11.3 Å². The summed E-state index contributed by atoms with van der Waals surface area (Å²) in [4.78, 5) is 22.4. The molecule has 0 bridgehead atoms. The first-order valence-electron chi connectivity index (χ1n) is 10.5. The fraction of sp³-hybridized carbons (Fsp3) is 0.167. The molecule has 0 saturated heterocycles. The van der Waals surface area contributed by atoms with Crippen molar-refractivity contribution in [3.63, 3.8) is 0 Å². The highest BCUT2D eigenvalue weighted by molar-refractivity contribution is 6.42. The van der Waals surface area contributed by atoms with E-state index >= 15 is 0 Å². The molecule has 1 atom stereocenters. The molecule has 0 amide bonds. The van der Waals surface area contributed by atoms with Gasteiger partial charge < -0.3 is 19.3 Å². The van der Waals surface area contributed by atoms with Crippen LogP contribution in [0.25, 0.3) is 10.9 Å². The van der Waals surface area contributed by atoms with Gasteiger partial charge in [-0.05, 0) is 42.5 Å². The summed E-state index contributed by atoms with van der Waals surface area (Å²) < 4.78 is 18.5. The maximum atomic E-state index is 12.0. The molecule has 0 saturated carbocycles. The van der Waals surface area contributed by atoms with Gasteiger partial charge in [0.25, 0.3) is 5.69 Å². The van der Waals surface area contributed by atoms with Gasteiger partial charge in [0.15, 0.2) is 0 Å². The summed E-state index contributed by atoms with van der Waals surface area (Å²) in [5.41, 5.74) is 0.923. The molecule has 186 valence electrons. The third-order valence-corrected chi connectivity index (χ3v) is 5.98. The van der Waals surface area contributed by atoms with Crippen LogP contribution >= 0.6 is 23.2 Å². The number of carboxylic acids is 1. The number of non-ortho nitro benzene ring substituents is 1. The molecule has 1 N–H and O–H groups in total. The van der Waals surface area contributed by atoms with Crippen LogP contribution in [0.2, 0.25) is 10.0 Å². The van der Waals surface area contributed by atoms with Gasteiger partial charge in [-0.25, -0.2) is 4.79 Å². The summed E-state index contributed by atoms with van der Waals surface area (Å²) in [5.74, 6) is -0.158. The Morgan fingerprint density at radius 1 is 1.08 bits per heavy atom. The Bertz CT molecular complexity index is 1420. The van der Waals surface area contributed by atoms with Gasteiger partial charge in [-0.1, -0.05) is 29.3 Å². The molecule has 36 heavy (non-hydrogen) atoms. The van der Waals surface area contributed by atoms with Crippen LogP contribution < -0.4 is 14.2 Å². The predicted molar refractivity (Wildman–Crippen MR) is 132 cm³/mol. The van der Waals surface area contributed by atoms with Crippen LogP contribution in [0.4, 0.5) is 5.69 Å². The Balaban J connectivity index is 1.60. The van der Waals surface area contributed by atoms with E-state index in [1.807, 2.05) is 0 Å². The number of methoxy groups -OCH3 is 1. The summed E-state index contributed by atoms with van der Waals surface area (Å²) in [6.07, 6.45) is -1.39. The quantitative estimate of drug-likeness (QED) is 0.208. The van der Waals surface area contributed by atoms with E-state index in [1.165, 1.54) is 49.6 Å². The average molecular weight is 532 g/mol. The minimum absolute atomic E-state index is 0.0360. The normalized spacial score (nSPS) is 11.8. The molecule has 4 rings (SSSR count). The van der Waals surface area contributed by atoms with E-state index < -0.39 is 17.0 Å². The molecule has 0 fully saturated rings. The van der Waals surface area contributed by atoms with Gasteiger partial charge in [-0.3, -0.25) is 14.8 Å². The highest BCUT2D eigenvalue weighted by Crippen LogP contribution is 2.33. The number of benzene rings is 3. The van der Waals surface area contributed by atoms with Gasteiger partial charge in [0.2, 0.25) is 12.0 Å². The first kappa shape index (κ1) is 25.1.